The molecular formula is C64H44N2. The number of anilines is 3. The van der Waals surface area contributed by atoms with E-state index in [2.05, 4.69) is 276 Å². The molecule has 0 radical (unpaired) electrons. The lowest BCUT2D eigenvalue weighted by Crippen LogP contribution is -2.11. The van der Waals surface area contributed by atoms with E-state index in [1.165, 1.54) is 71.5 Å². The van der Waals surface area contributed by atoms with Gasteiger partial charge in [-0.2, -0.15) is 0 Å². The summed E-state index contributed by atoms with van der Waals surface area (Å²) in [6.07, 6.45) is 0. The smallest absolute Gasteiger partial charge is 0.0541 e. The van der Waals surface area contributed by atoms with Crippen LogP contribution < -0.4 is 4.90 Å². The molecule has 0 saturated carbocycles. The lowest BCUT2D eigenvalue weighted by molar-refractivity contribution is 1.18. The number of fused-ring (bicyclic) bond motifs is 4. The van der Waals surface area contributed by atoms with E-state index in [9.17, 15) is 0 Å². The summed E-state index contributed by atoms with van der Waals surface area (Å²) in [6, 6.07) is 97.0. The van der Waals surface area contributed by atoms with E-state index in [1.807, 2.05) is 0 Å². The summed E-state index contributed by atoms with van der Waals surface area (Å²) < 4.78 is 2.43. The zero-order valence-corrected chi connectivity index (χ0v) is 36.3. The molecule has 0 saturated heterocycles. The highest BCUT2D eigenvalue weighted by Gasteiger charge is 2.22. The molecule has 0 unspecified atom stereocenters. The maximum atomic E-state index is 2.44. The average molecular weight is 841 g/mol. The van der Waals surface area contributed by atoms with Crippen molar-refractivity contribution in [3.63, 3.8) is 0 Å². The number of aromatic nitrogens is 1. The number of rotatable bonds is 9. The van der Waals surface area contributed by atoms with E-state index >= 15 is 0 Å². The molecule has 2 nitrogen and oxygen atoms in total. The van der Waals surface area contributed by atoms with Crippen LogP contribution in [0.2, 0.25) is 0 Å². The molecule has 2 heteroatoms. The molecule has 0 fully saturated rings. The van der Waals surface area contributed by atoms with Crippen LogP contribution in [0, 0.1) is 0 Å². The number of nitrogens with zero attached hydrogens (tertiary/aromatic N) is 2. The molecule has 0 bridgehead atoms. The van der Waals surface area contributed by atoms with Crippen molar-refractivity contribution in [1.29, 1.82) is 0 Å². The van der Waals surface area contributed by atoms with Crippen molar-refractivity contribution in [2.45, 2.75) is 0 Å². The predicted octanol–water partition coefficient (Wildman–Crippen LogP) is 17.7. The van der Waals surface area contributed by atoms with Gasteiger partial charge in [0.15, 0.2) is 0 Å². The summed E-state index contributed by atoms with van der Waals surface area (Å²) in [4.78, 5) is 2.44. The number of para-hydroxylation sites is 3. The Morgan fingerprint density at radius 1 is 0.258 bits per heavy atom. The molecule has 12 rings (SSSR count). The molecule has 66 heavy (non-hydrogen) atoms. The lowest BCUT2D eigenvalue weighted by Gasteiger charge is -2.29. The largest absolute Gasteiger partial charge is 0.310 e. The highest BCUT2D eigenvalue weighted by atomic mass is 15.1. The van der Waals surface area contributed by atoms with Gasteiger partial charge in [-0.1, -0.05) is 212 Å². The van der Waals surface area contributed by atoms with E-state index in [0.29, 0.717) is 0 Å². The fourth-order valence-corrected chi connectivity index (χ4v) is 9.95. The molecular weight excluding hydrogens is 797 g/mol. The third kappa shape index (κ3) is 6.93. The second-order valence-electron chi connectivity index (χ2n) is 16.9. The van der Waals surface area contributed by atoms with Crippen molar-refractivity contribution in [3.8, 4) is 61.3 Å². The summed E-state index contributed by atoms with van der Waals surface area (Å²) >= 11 is 0. The van der Waals surface area contributed by atoms with Gasteiger partial charge in [-0.05, 0) is 110 Å². The Balaban J connectivity index is 1.06. The Kier molecular flexibility index (Phi) is 9.89. The third-order valence-corrected chi connectivity index (χ3v) is 13.0. The maximum Gasteiger partial charge on any atom is 0.0541 e. The van der Waals surface area contributed by atoms with Crippen molar-refractivity contribution in [3.05, 3.63) is 267 Å². The first-order valence-corrected chi connectivity index (χ1v) is 22.7. The third-order valence-electron chi connectivity index (χ3n) is 13.0. The molecule has 1 aromatic heterocycles. The zero-order valence-electron chi connectivity index (χ0n) is 36.3. The minimum absolute atomic E-state index is 1.07. The molecule has 0 aliphatic rings. The van der Waals surface area contributed by atoms with Crippen molar-refractivity contribution >= 4 is 49.6 Å². The van der Waals surface area contributed by atoms with Crippen LogP contribution in [0.25, 0.3) is 93.9 Å². The first-order chi connectivity index (χ1) is 32.8. The minimum atomic E-state index is 1.07. The first-order valence-electron chi connectivity index (χ1n) is 22.7. The van der Waals surface area contributed by atoms with Gasteiger partial charge >= 0.3 is 0 Å². The Morgan fingerprint density at radius 2 is 0.727 bits per heavy atom. The van der Waals surface area contributed by atoms with E-state index in [4.69, 9.17) is 0 Å². The minimum Gasteiger partial charge on any atom is -0.310 e. The van der Waals surface area contributed by atoms with Gasteiger partial charge in [0.25, 0.3) is 0 Å². The van der Waals surface area contributed by atoms with Crippen LogP contribution in [0.4, 0.5) is 17.1 Å². The topological polar surface area (TPSA) is 8.17 Å². The Morgan fingerprint density at radius 3 is 1.42 bits per heavy atom. The zero-order chi connectivity index (χ0) is 43.8. The molecule has 11 aromatic carbocycles. The van der Waals surface area contributed by atoms with E-state index in [1.54, 1.807) is 0 Å². The van der Waals surface area contributed by atoms with Crippen LogP contribution in [0.3, 0.4) is 0 Å². The van der Waals surface area contributed by atoms with Crippen LogP contribution in [0.15, 0.2) is 267 Å². The van der Waals surface area contributed by atoms with Crippen LogP contribution in [-0.4, -0.2) is 4.57 Å². The molecule has 310 valence electrons. The van der Waals surface area contributed by atoms with Crippen LogP contribution in [-0.2, 0) is 0 Å². The Labute approximate surface area is 385 Å². The van der Waals surface area contributed by atoms with Crippen molar-refractivity contribution in [1.82, 2.24) is 4.57 Å². The highest BCUT2D eigenvalue weighted by molar-refractivity contribution is 6.10. The van der Waals surface area contributed by atoms with Crippen LogP contribution >= 0.6 is 0 Å². The SMILES string of the molecule is c1ccc(-c2ccccc2-c2ccc(N(c3cccc(-c4cccc5ccccc45)c3)c3ccc(-c4ccccc4-n4c5ccccc5c5ccccc54)cc3-c3ccccc3)cc2)cc1. The van der Waals surface area contributed by atoms with E-state index < -0.39 is 0 Å². The predicted molar refractivity (Wildman–Crippen MR) is 280 cm³/mol. The van der Waals surface area contributed by atoms with Crippen LogP contribution in [0.1, 0.15) is 0 Å². The second-order valence-corrected chi connectivity index (χ2v) is 16.9. The summed E-state index contributed by atoms with van der Waals surface area (Å²) in [5.74, 6) is 0. The number of benzene rings is 11. The molecule has 12 aromatic rings. The van der Waals surface area contributed by atoms with Gasteiger partial charge in [0.2, 0.25) is 0 Å². The van der Waals surface area contributed by atoms with Gasteiger partial charge in [-0.25, -0.2) is 0 Å². The Bertz CT molecular complexity index is 3640. The molecule has 0 spiro atoms. The van der Waals surface area contributed by atoms with Gasteiger partial charge in [0.05, 0.1) is 22.4 Å². The fourth-order valence-electron chi connectivity index (χ4n) is 9.95. The average Bonchev–Trinajstić information content (AvgIpc) is 3.74. The number of hydrogen-bond acceptors (Lipinski definition) is 1. The second kappa shape index (κ2) is 16.8. The van der Waals surface area contributed by atoms with Gasteiger partial charge in [0, 0.05) is 33.3 Å². The van der Waals surface area contributed by atoms with Crippen molar-refractivity contribution < 1.29 is 0 Å². The van der Waals surface area contributed by atoms with Crippen LogP contribution in [0.5, 0.6) is 0 Å². The molecule has 0 aliphatic carbocycles. The Hall–Kier alpha value is -8.72. The first kappa shape index (κ1) is 38.9. The summed E-state index contributed by atoms with van der Waals surface area (Å²) in [5, 5.41) is 4.96. The van der Waals surface area contributed by atoms with Gasteiger partial charge in [-0.3, -0.25) is 0 Å². The molecule has 0 amide bonds. The van der Waals surface area contributed by atoms with E-state index in [0.717, 1.165) is 39.4 Å². The summed E-state index contributed by atoms with van der Waals surface area (Å²) in [5.41, 5.74) is 18.5. The van der Waals surface area contributed by atoms with Crippen molar-refractivity contribution in [2.75, 3.05) is 4.90 Å². The van der Waals surface area contributed by atoms with Gasteiger partial charge in [-0.15, -0.1) is 0 Å². The molecule has 1 heterocycles. The normalized spacial score (nSPS) is 11.3. The van der Waals surface area contributed by atoms with Gasteiger partial charge < -0.3 is 9.47 Å². The fraction of sp³-hybridized carbons (Fsp3) is 0. The molecule has 0 N–H and O–H groups in total. The molecule has 0 aliphatic heterocycles. The summed E-state index contributed by atoms with van der Waals surface area (Å²) in [7, 11) is 0. The van der Waals surface area contributed by atoms with E-state index in [-0.39, 0.29) is 0 Å². The van der Waals surface area contributed by atoms with Gasteiger partial charge in [0.1, 0.15) is 0 Å². The molecule has 0 atom stereocenters. The highest BCUT2D eigenvalue weighted by Crippen LogP contribution is 2.46. The standard InChI is InChI=1S/C64H44N2/c1-3-19-45(20-4-1)53-28-9-10-29-55(53)48-37-40-51(41-38-48)65(52-26-17-25-49(43-52)56-33-18-24-46-23-7-8-27-54(46)56)64-42-39-50(44-60(64)47-21-5-2-6-22-47)57-30-11-14-34-61(57)66-62-35-15-12-31-58(62)59-32-13-16-36-63(59)66/h1-44H. The monoisotopic (exact) mass is 840 g/mol. The maximum absolute atomic E-state index is 2.44. The summed E-state index contributed by atoms with van der Waals surface area (Å²) in [6.45, 7) is 0. The van der Waals surface area contributed by atoms with Crippen molar-refractivity contribution in [2.24, 2.45) is 0 Å². The quantitative estimate of drug-likeness (QED) is 0.141. The lowest BCUT2D eigenvalue weighted by atomic mass is 9.93. The number of hydrogen-bond donors (Lipinski definition) is 0.